The maximum absolute atomic E-state index is 12.1. The molecule has 5 heteroatoms. The van der Waals surface area contributed by atoms with E-state index in [2.05, 4.69) is 22.4 Å². The number of carbonyl (C=O) groups is 1. The second kappa shape index (κ2) is 7.07. The van der Waals surface area contributed by atoms with Crippen molar-refractivity contribution >= 4 is 22.4 Å². The molecule has 0 fully saturated rings. The average molecular weight is 323 g/mol. The molecule has 1 amide bonds. The lowest BCUT2D eigenvalue weighted by atomic mass is 10.0. The van der Waals surface area contributed by atoms with E-state index in [1.54, 1.807) is 0 Å². The highest BCUT2D eigenvalue weighted by Crippen LogP contribution is 2.19. The molecule has 0 unspecified atom stereocenters. The van der Waals surface area contributed by atoms with Gasteiger partial charge in [0.2, 0.25) is 0 Å². The number of nitrogens with zero attached hydrogens (tertiary/aromatic N) is 1. The van der Waals surface area contributed by atoms with Crippen molar-refractivity contribution < 1.29 is 4.79 Å². The summed E-state index contributed by atoms with van der Waals surface area (Å²) in [4.78, 5) is 16.3. The molecule has 3 N–H and O–H groups in total. The van der Waals surface area contributed by atoms with Crippen LogP contribution in [0.25, 0.3) is 11.1 Å². The summed E-state index contributed by atoms with van der Waals surface area (Å²) in [6.07, 6.45) is 0.682. The zero-order valence-electron chi connectivity index (χ0n) is 12.5. The van der Waals surface area contributed by atoms with Gasteiger partial charge in [-0.15, -0.1) is 11.3 Å². The number of nitrogens with one attached hydrogen (secondary N) is 1. The highest BCUT2D eigenvalue weighted by molar-refractivity contribution is 7.13. The molecule has 0 radical (unpaired) electrons. The molecule has 4 nitrogen and oxygen atoms in total. The van der Waals surface area contributed by atoms with Crippen molar-refractivity contribution in [3.05, 3.63) is 71.2 Å². The Bertz CT molecular complexity index is 782. The van der Waals surface area contributed by atoms with E-state index < -0.39 is 0 Å². The number of hydrogen-bond donors (Lipinski definition) is 2. The van der Waals surface area contributed by atoms with Crippen molar-refractivity contribution in [3.8, 4) is 11.1 Å². The predicted octanol–water partition coefficient (Wildman–Crippen LogP) is 3.36. The quantitative estimate of drug-likeness (QED) is 0.756. The summed E-state index contributed by atoms with van der Waals surface area (Å²) in [7, 11) is 0. The molecule has 0 aliphatic heterocycles. The maximum Gasteiger partial charge on any atom is 0.251 e. The molecule has 0 bridgehead atoms. The molecule has 0 saturated heterocycles. The minimum absolute atomic E-state index is 0.0761. The molecule has 116 valence electrons. The summed E-state index contributed by atoms with van der Waals surface area (Å²) in [5.74, 6) is -0.0761. The first-order chi connectivity index (χ1) is 11.2. The smallest absolute Gasteiger partial charge is 0.251 e. The second-order valence-corrected chi connectivity index (χ2v) is 6.02. The van der Waals surface area contributed by atoms with Crippen molar-refractivity contribution in [2.45, 2.75) is 6.42 Å². The van der Waals surface area contributed by atoms with E-state index in [4.69, 9.17) is 5.73 Å². The Morgan fingerprint density at radius 2 is 1.74 bits per heavy atom. The Balaban J connectivity index is 1.57. The number of nitrogens with two attached hydrogens (primary N) is 1. The van der Waals surface area contributed by atoms with Gasteiger partial charge in [0.1, 0.15) is 0 Å². The molecule has 23 heavy (non-hydrogen) atoms. The van der Waals surface area contributed by atoms with Crippen LogP contribution in [0.2, 0.25) is 0 Å². The summed E-state index contributed by atoms with van der Waals surface area (Å²) in [5, 5.41) is 5.37. The standard InChI is InChI=1S/C18H17N3OS/c19-18-21-16(12-23-18)10-11-20-17(22)15-8-6-14(7-9-15)13-4-2-1-3-5-13/h1-9,12H,10-11H2,(H2,19,21)(H,20,22). The van der Waals surface area contributed by atoms with Crippen LogP contribution in [0.15, 0.2) is 60.0 Å². The molecule has 1 aromatic heterocycles. The van der Waals surface area contributed by atoms with Gasteiger partial charge >= 0.3 is 0 Å². The van der Waals surface area contributed by atoms with E-state index in [0.29, 0.717) is 23.7 Å². The molecule has 0 aliphatic carbocycles. The fourth-order valence-corrected chi connectivity index (χ4v) is 2.89. The molecule has 2 aromatic carbocycles. The van der Waals surface area contributed by atoms with Gasteiger partial charge in [0, 0.05) is 23.9 Å². The monoisotopic (exact) mass is 323 g/mol. The Morgan fingerprint density at radius 1 is 1.04 bits per heavy atom. The summed E-state index contributed by atoms with van der Waals surface area (Å²) in [5.41, 5.74) is 9.38. The Labute approximate surface area is 139 Å². The minimum Gasteiger partial charge on any atom is -0.375 e. The van der Waals surface area contributed by atoms with Crippen LogP contribution in [0.4, 0.5) is 5.13 Å². The summed E-state index contributed by atoms with van der Waals surface area (Å²) < 4.78 is 0. The molecule has 3 rings (SSSR count). The van der Waals surface area contributed by atoms with Crippen LogP contribution in [-0.2, 0) is 6.42 Å². The normalized spacial score (nSPS) is 10.4. The van der Waals surface area contributed by atoms with Gasteiger partial charge in [-0.05, 0) is 23.3 Å². The van der Waals surface area contributed by atoms with Gasteiger partial charge < -0.3 is 11.1 Å². The first-order valence-electron chi connectivity index (χ1n) is 7.36. The average Bonchev–Trinajstić information content (AvgIpc) is 3.01. The van der Waals surface area contributed by atoms with Crippen molar-refractivity contribution in [1.82, 2.24) is 10.3 Å². The fourth-order valence-electron chi connectivity index (χ4n) is 2.29. The first kappa shape index (κ1) is 15.2. The summed E-state index contributed by atoms with van der Waals surface area (Å²) in [6.45, 7) is 0.544. The van der Waals surface area contributed by atoms with Crippen LogP contribution >= 0.6 is 11.3 Å². The Morgan fingerprint density at radius 3 is 2.39 bits per heavy atom. The molecule has 3 aromatic rings. The van der Waals surface area contributed by atoms with Crippen molar-refractivity contribution in [2.24, 2.45) is 0 Å². The van der Waals surface area contributed by atoms with Gasteiger partial charge in [-0.3, -0.25) is 4.79 Å². The van der Waals surface area contributed by atoms with E-state index in [-0.39, 0.29) is 5.91 Å². The van der Waals surface area contributed by atoms with Crippen LogP contribution < -0.4 is 11.1 Å². The second-order valence-electron chi connectivity index (χ2n) is 5.13. The number of benzene rings is 2. The number of rotatable bonds is 5. The molecule has 0 saturated carbocycles. The molecule has 0 atom stereocenters. The number of anilines is 1. The number of carbonyl (C=O) groups excluding carboxylic acids is 1. The number of hydrogen-bond acceptors (Lipinski definition) is 4. The molecule has 0 spiro atoms. The lowest BCUT2D eigenvalue weighted by Gasteiger charge is -2.06. The zero-order chi connectivity index (χ0) is 16.1. The lowest BCUT2D eigenvalue weighted by Crippen LogP contribution is -2.25. The number of thiazole rings is 1. The summed E-state index contributed by atoms with van der Waals surface area (Å²) >= 11 is 1.41. The van der Waals surface area contributed by atoms with E-state index in [9.17, 15) is 4.79 Å². The number of nitrogen functional groups attached to an aromatic ring is 1. The van der Waals surface area contributed by atoms with Gasteiger partial charge in [0.25, 0.3) is 5.91 Å². The predicted molar refractivity (Wildman–Crippen MR) is 94.4 cm³/mol. The third-order valence-corrected chi connectivity index (χ3v) is 4.21. The topological polar surface area (TPSA) is 68.0 Å². The third kappa shape index (κ3) is 3.96. The first-order valence-corrected chi connectivity index (χ1v) is 8.24. The van der Waals surface area contributed by atoms with Crippen LogP contribution in [0, 0.1) is 0 Å². The maximum atomic E-state index is 12.1. The molecular formula is C18H17N3OS. The van der Waals surface area contributed by atoms with Gasteiger partial charge in [-0.25, -0.2) is 4.98 Å². The zero-order valence-corrected chi connectivity index (χ0v) is 13.3. The van der Waals surface area contributed by atoms with Gasteiger partial charge in [0.05, 0.1) is 5.69 Å². The molecule has 1 heterocycles. The van der Waals surface area contributed by atoms with Crippen LogP contribution in [0.1, 0.15) is 16.1 Å². The van der Waals surface area contributed by atoms with Gasteiger partial charge in [0.15, 0.2) is 5.13 Å². The highest BCUT2D eigenvalue weighted by Gasteiger charge is 2.06. The van der Waals surface area contributed by atoms with Crippen molar-refractivity contribution in [2.75, 3.05) is 12.3 Å². The van der Waals surface area contributed by atoms with Crippen LogP contribution in [0.5, 0.6) is 0 Å². The lowest BCUT2D eigenvalue weighted by molar-refractivity contribution is 0.0954. The van der Waals surface area contributed by atoms with Crippen molar-refractivity contribution in [3.63, 3.8) is 0 Å². The number of aromatic nitrogens is 1. The van der Waals surface area contributed by atoms with Gasteiger partial charge in [-0.2, -0.15) is 0 Å². The minimum atomic E-state index is -0.0761. The fraction of sp³-hybridized carbons (Fsp3) is 0.111. The highest BCUT2D eigenvalue weighted by atomic mass is 32.1. The van der Waals surface area contributed by atoms with E-state index >= 15 is 0 Å². The van der Waals surface area contributed by atoms with E-state index in [1.165, 1.54) is 11.3 Å². The molecule has 0 aliphatic rings. The summed E-state index contributed by atoms with van der Waals surface area (Å²) in [6, 6.07) is 17.7. The van der Waals surface area contributed by atoms with Gasteiger partial charge in [-0.1, -0.05) is 42.5 Å². The largest absolute Gasteiger partial charge is 0.375 e. The van der Waals surface area contributed by atoms with E-state index in [1.807, 2.05) is 47.8 Å². The van der Waals surface area contributed by atoms with Crippen molar-refractivity contribution in [1.29, 1.82) is 0 Å². The van der Waals surface area contributed by atoms with Crippen LogP contribution in [0.3, 0.4) is 0 Å². The Hall–Kier alpha value is -2.66. The van der Waals surface area contributed by atoms with E-state index in [0.717, 1.165) is 16.8 Å². The third-order valence-electron chi connectivity index (χ3n) is 3.49. The van der Waals surface area contributed by atoms with Crippen LogP contribution in [-0.4, -0.2) is 17.4 Å². The SMILES string of the molecule is Nc1nc(CCNC(=O)c2ccc(-c3ccccc3)cc2)cs1. The number of amides is 1. The Kier molecular flexibility index (Phi) is 4.68. The molecular weight excluding hydrogens is 306 g/mol.